The Kier molecular flexibility index (Phi) is 8.71. The molecule has 2 aromatic carbocycles. The minimum absolute atomic E-state index is 0.153. The van der Waals surface area contributed by atoms with Gasteiger partial charge in [-0.3, -0.25) is 4.79 Å². The van der Waals surface area contributed by atoms with Crippen molar-refractivity contribution < 1.29 is 19.1 Å². The van der Waals surface area contributed by atoms with Crippen molar-refractivity contribution in [1.82, 2.24) is 14.7 Å². The van der Waals surface area contributed by atoms with E-state index >= 15 is 0 Å². The van der Waals surface area contributed by atoms with Gasteiger partial charge in [0.25, 0.3) is 0 Å². The lowest BCUT2D eigenvalue weighted by atomic mass is 9.92. The molecule has 1 aromatic heterocycles. The van der Waals surface area contributed by atoms with E-state index in [1.54, 1.807) is 18.9 Å². The van der Waals surface area contributed by atoms with Crippen molar-refractivity contribution in [2.45, 2.75) is 33.1 Å². The van der Waals surface area contributed by atoms with Crippen molar-refractivity contribution >= 4 is 23.4 Å². The molecule has 9 nitrogen and oxygen atoms in total. The number of hydrogen-bond acceptors (Lipinski definition) is 5. The van der Waals surface area contributed by atoms with Gasteiger partial charge in [-0.15, -0.1) is 0 Å². The van der Waals surface area contributed by atoms with Gasteiger partial charge in [0.15, 0.2) is 0 Å². The third kappa shape index (κ3) is 6.85. The second-order valence-corrected chi connectivity index (χ2v) is 9.48. The molecule has 3 rings (SSSR count). The van der Waals surface area contributed by atoms with E-state index in [-0.39, 0.29) is 30.4 Å². The van der Waals surface area contributed by atoms with E-state index < -0.39 is 0 Å². The van der Waals surface area contributed by atoms with Crippen LogP contribution in [0.4, 0.5) is 16.3 Å². The predicted octanol–water partition coefficient (Wildman–Crippen LogP) is 4.61. The fourth-order valence-electron chi connectivity index (χ4n) is 3.47. The van der Waals surface area contributed by atoms with Crippen LogP contribution in [-0.2, 0) is 14.9 Å². The SMILES string of the molecule is COCCN(CC(=O)Nc1cc(C(C)(C)C)nn1-c1ccc(OC)cc1)C(=O)Nc1ccccc1C. The smallest absolute Gasteiger partial charge is 0.322 e. The molecule has 0 saturated carbocycles. The molecule has 3 amide bonds. The van der Waals surface area contributed by atoms with Crippen molar-refractivity contribution in [3.8, 4) is 11.4 Å². The summed E-state index contributed by atoms with van der Waals surface area (Å²) >= 11 is 0. The second-order valence-electron chi connectivity index (χ2n) is 9.48. The molecular formula is C27H35N5O4. The second kappa shape index (κ2) is 11.7. The van der Waals surface area contributed by atoms with Crippen LogP contribution in [0.25, 0.3) is 5.69 Å². The van der Waals surface area contributed by atoms with E-state index in [4.69, 9.17) is 14.6 Å². The summed E-state index contributed by atoms with van der Waals surface area (Å²) in [6.07, 6.45) is 0. The van der Waals surface area contributed by atoms with Gasteiger partial charge >= 0.3 is 6.03 Å². The fraction of sp³-hybridized carbons (Fsp3) is 0.370. The van der Waals surface area contributed by atoms with E-state index in [1.165, 1.54) is 4.90 Å². The van der Waals surface area contributed by atoms with Crippen molar-refractivity contribution in [2.75, 3.05) is 44.5 Å². The van der Waals surface area contributed by atoms with Crippen LogP contribution in [0, 0.1) is 6.92 Å². The number of nitrogens with zero attached hydrogens (tertiary/aromatic N) is 3. The van der Waals surface area contributed by atoms with Crippen LogP contribution < -0.4 is 15.4 Å². The predicted molar refractivity (Wildman–Crippen MR) is 141 cm³/mol. The van der Waals surface area contributed by atoms with Gasteiger partial charge in [0, 0.05) is 30.8 Å². The number of nitrogens with one attached hydrogen (secondary N) is 2. The molecule has 0 unspecified atom stereocenters. The maximum Gasteiger partial charge on any atom is 0.322 e. The van der Waals surface area contributed by atoms with Gasteiger partial charge in [-0.2, -0.15) is 5.10 Å². The number of anilines is 2. The molecule has 192 valence electrons. The summed E-state index contributed by atoms with van der Waals surface area (Å²) in [7, 11) is 3.16. The normalized spacial score (nSPS) is 11.2. The fourth-order valence-corrected chi connectivity index (χ4v) is 3.47. The van der Waals surface area contributed by atoms with E-state index in [0.29, 0.717) is 18.1 Å². The lowest BCUT2D eigenvalue weighted by Crippen LogP contribution is -2.42. The van der Waals surface area contributed by atoms with E-state index in [0.717, 1.165) is 22.7 Å². The first-order valence-electron chi connectivity index (χ1n) is 11.8. The number of para-hydroxylation sites is 1. The molecule has 36 heavy (non-hydrogen) atoms. The average Bonchev–Trinajstić information content (AvgIpc) is 3.27. The Balaban J connectivity index is 1.81. The summed E-state index contributed by atoms with van der Waals surface area (Å²) in [6.45, 7) is 8.48. The maximum absolute atomic E-state index is 13.1. The number of rotatable bonds is 9. The van der Waals surface area contributed by atoms with E-state index in [9.17, 15) is 9.59 Å². The largest absolute Gasteiger partial charge is 0.497 e. The summed E-state index contributed by atoms with van der Waals surface area (Å²) in [5, 5.41) is 10.6. The number of aromatic nitrogens is 2. The zero-order valence-electron chi connectivity index (χ0n) is 21.8. The zero-order chi connectivity index (χ0) is 26.3. The number of urea groups is 1. The lowest BCUT2D eigenvalue weighted by molar-refractivity contribution is -0.116. The monoisotopic (exact) mass is 493 g/mol. The molecule has 0 aliphatic heterocycles. The number of aryl methyl sites for hydroxylation is 1. The van der Waals surface area contributed by atoms with Crippen LogP contribution in [0.1, 0.15) is 32.0 Å². The molecule has 2 N–H and O–H groups in total. The van der Waals surface area contributed by atoms with Crippen LogP contribution in [0.3, 0.4) is 0 Å². The van der Waals surface area contributed by atoms with Crippen molar-refractivity contribution in [2.24, 2.45) is 0 Å². The Hall–Kier alpha value is -3.85. The highest BCUT2D eigenvalue weighted by Gasteiger charge is 2.23. The minimum atomic E-state index is -0.379. The molecule has 0 aliphatic rings. The quantitative estimate of drug-likeness (QED) is 0.454. The van der Waals surface area contributed by atoms with Gasteiger partial charge in [-0.05, 0) is 42.8 Å². The highest BCUT2D eigenvalue weighted by molar-refractivity contribution is 5.97. The van der Waals surface area contributed by atoms with Crippen LogP contribution in [-0.4, -0.2) is 60.5 Å². The van der Waals surface area contributed by atoms with Crippen LogP contribution in [0.5, 0.6) is 5.75 Å². The van der Waals surface area contributed by atoms with Gasteiger partial charge in [-0.1, -0.05) is 39.0 Å². The van der Waals surface area contributed by atoms with Crippen molar-refractivity contribution in [1.29, 1.82) is 0 Å². The summed E-state index contributed by atoms with van der Waals surface area (Å²) < 4.78 is 12.1. The van der Waals surface area contributed by atoms with Gasteiger partial charge in [0.05, 0.1) is 25.1 Å². The number of carbonyl (C=O) groups excluding carboxylic acids is 2. The van der Waals surface area contributed by atoms with Crippen LogP contribution in [0.15, 0.2) is 54.6 Å². The molecule has 3 aromatic rings. The Morgan fingerprint density at radius 3 is 2.33 bits per heavy atom. The van der Waals surface area contributed by atoms with Gasteiger partial charge < -0.3 is 25.0 Å². The number of benzene rings is 2. The Labute approximate surface area is 212 Å². The van der Waals surface area contributed by atoms with Crippen LogP contribution in [0.2, 0.25) is 0 Å². The van der Waals surface area contributed by atoms with E-state index in [2.05, 4.69) is 31.4 Å². The molecule has 0 aliphatic carbocycles. The molecule has 0 radical (unpaired) electrons. The topological polar surface area (TPSA) is 97.7 Å². The maximum atomic E-state index is 13.1. The summed E-state index contributed by atoms with van der Waals surface area (Å²) in [5.74, 6) is 0.892. The number of methoxy groups -OCH3 is 2. The lowest BCUT2D eigenvalue weighted by Gasteiger charge is -2.23. The molecule has 9 heteroatoms. The number of amides is 3. The standard InChI is InChI=1S/C27H35N5O4/c1-19-9-7-8-10-22(19)28-26(34)31(15-16-35-5)18-25(33)29-24-17-23(27(2,3)4)30-32(24)20-11-13-21(36-6)14-12-20/h7-14,17H,15-16,18H2,1-6H3,(H,28,34)(H,29,33). The van der Waals surface area contributed by atoms with Gasteiger partial charge in [-0.25, -0.2) is 9.48 Å². The van der Waals surface area contributed by atoms with Gasteiger partial charge in [0.2, 0.25) is 5.91 Å². The number of ether oxygens (including phenoxy) is 2. The Bertz CT molecular complexity index is 1180. The molecular weight excluding hydrogens is 458 g/mol. The summed E-state index contributed by atoms with van der Waals surface area (Å²) in [5.41, 5.74) is 2.99. The van der Waals surface area contributed by atoms with Gasteiger partial charge in [0.1, 0.15) is 18.1 Å². The first kappa shape index (κ1) is 26.7. The third-order valence-corrected chi connectivity index (χ3v) is 5.64. The number of hydrogen-bond donors (Lipinski definition) is 2. The summed E-state index contributed by atoms with van der Waals surface area (Å²) in [6, 6.07) is 16.4. The van der Waals surface area contributed by atoms with E-state index in [1.807, 2.05) is 61.5 Å². The van der Waals surface area contributed by atoms with Crippen LogP contribution >= 0.6 is 0 Å². The molecule has 0 atom stereocenters. The molecule has 0 fully saturated rings. The highest BCUT2D eigenvalue weighted by atomic mass is 16.5. The Morgan fingerprint density at radius 2 is 1.72 bits per heavy atom. The third-order valence-electron chi connectivity index (χ3n) is 5.64. The summed E-state index contributed by atoms with van der Waals surface area (Å²) in [4.78, 5) is 27.5. The average molecular weight is 494 g/mol. The van der Waals surface area contributed by atoms with Crippen molar-refractivity contribution in [3.05, 3.63) is 65.9 Å². The molecule has 1 heterocycles. The first-order valence-corrected chi connectivity index (χ1v) is 11.8. The highest BCUT2D eigenvalue weighted by Crippen LogP contribution is 2.27. The molecule has 0 bridgehead atoms. The molecule has 0 saturated heterocycles. The van der Waals surface area contributed by atoms with Crippen molar-refractivity contribution in [3.63, 3.8) is 0 Å². The minimum Gasteiger partial charge on any atom is -0.497 e. The first-order chi connectivity index (χ1) is 17.1. The number of carbonyl (C=O) groups is 2. The Morgan fingerprint density at radius 1 is 1.03 bits per heavy atom. The molecule has 0 spiro atoms. The zero-order valence-corrected chi connectivity index (χ0v) is 21.8.